The number of aromatic nitrogens is 1. The van der Waals surface area contributed by atoms with Crippen LogP contribution in [0, 0.1) is 0 Å². The summed E-state index contributed by atoms with van der Waals surface area (Å²) in [6.45, 7) is 4.22. The van der Waals surface area contributed by atoms with Crippen LogP contribution in [0.2, 0.25) is 0 Å². The highest BCUT2D eigenvalue weighted by molar-refractivity contribution is 6.08. The molecule has 2 aliphatic rings. The van der Waals surface area contributed by atoms with E-state index in [1.165, 1.54) is 0 Å². The van der Waals surface area contributed by atoms with Gasteiger partial charge >= 0.3 is 0 Å². The highest BCUT2D eigenvalue weighted by Gasteiger charge is 2.26. The fourth-order valence-corrected chi connectivity index (χ4v) is 3.40. The Kier molecular flexibility index (Phi) is 4.55. The van der Waals surface area contributed by atoms with Gasteiger partial charge in [0, 0.05) is 54.9 Å². The number of Topliss-reactive ketones (excluding diaryl/α,β-unsaturated/α-hetero) is 1. The average molecular weight is 340 g/mol. The lowest BCUT2D eigenvalue weighted by Gasteiger charge is -2.33. The number of hydrogen-bond acceptors (Lipinski definition) is 4. The molecule has 0 radical (unpaired) electrons. The third-order valence-electron chi connectivity index (χ3n) is 5.03. The Morgan fingerprint density at radius 2 is 1.72 bits per heavy atom. The second kappa shape index (κ2) is 6.98. The summed E-state index contributed by atoms with van der Waals surface area (Å²) in [5, 5.41) is 4.02. The topological polar surface area (TPSA) is 68.4 Å². The molecule has 1 aromatic heterocycles. The first-order valence-corrected chi connectivity index (χ1v) is 9.02. The van der Waals surface area contributed by atoms with E-state index in [0.717, 1.165) is 55.5 Å². The van der Waals surface area contributed by atoms with E-state index < -0.39 is 0 Å². The van der Waals surface area contributed by atoms with Crippen LogP contribution in [-0.4, -0.2) is 71.8 Å². The number of para-hydroxylation sites is 1. The van der Waals surface area contributed by atoms with E-state index in [1.807, 2.05) is 30.5 Å². The van der Waals surface area contributed by atoms with Crippen molar-refractivity contribution in [2.75, 3.05) is 39.3 Å². The van der Waals surface area contributed by atoms with Crippen LogP contribution in [0.15, 0.2) is 30.5 Å². The van der Waals surface area contributed by atoms with E-state index >= 15 is 0 Å². The molecular formula is C19H24N4O2. The van der Waals surface area contributed by atoms with E-state index in [1.54, 1.807) is 0 Å². The monoisotopic (exact) mass is 340 g/mol. The molecule has 2 N–H and O–H groups in total. The molecule has 1 amide bonds. The zero-order valence-electron chi connectivity index (χ0n) is 14.3. The van der Waals surface area contributed by atoms with Gasteiger partial charge in [-0.3, -0.25) is 19.4 Å². The maximum atomic E-state index is 12.6. The van der Waals surface area contributed by atoms with E-state index in [-0.39, 0.29) is 11.7 Å². The number of nitrogens with one attached hydrogen (secondary N) is 2. The van der Waals surface area contributed by atoms with Crippen molar-refractivity contribution in [3.8, 4) is 0 Å². The van der Waals surface area contributed by atoms with Gasteiger partial charge in [-0.2, -0.15) is 0 Å². The quantitative estimate of drug-likeness (QED) is 0.777. The lowest BCUT2D eigenvalue weighted by Crippen LogP contribution is -2.50. The van der Waals surface area contributed by atoms with Crippen LogP contribution in [0.4, 0.5) is 0 Å². The summed E-state index contributed by atoms with van der Waals surface area (Å²) in [5.74, 6) is 0.281. The summed E-state index contributed by atoms with van der Waals surface area (Å²) in [6, 6.07) is 8.31. The van der Waals surface area contributed by atoms with Crippen molar-refractivity contribution in [2.24, 2.45) is 0 Å². The molecule has 1 saturated carbocycles. The molecule has 4 rings (SSSR count). The fraction of sp³-hybridized carbons (Fsp3) is 0.474. The number of ketones is 1. The highest BCUT2D eigenvalue weighted by atomic mass is 16.2. The minimum Gasteiger partial charge on any atom is -0.360 e. The molecule has 1 aliphatic carbocycles. The average Bonchev–Trinajstić information content (AvgIpc) is 3.31. The van der Waals surface area contributed by atoms with Crippen molar-refractivity contribution in [3.63, 3.8) is 0 Å². The van der Waals surface area contributed by atoms with E-state index in [2.05, 4.69) is 20.1 Å². The predicted octanol–water partition coefficient (Wildman–Crippen LogP) is 1.25. The van der Waals surface area contributed by atoms with E-state index in [9.17, 15) is 9.59 Å². The summed E-state index contributed by atoms with van der Waals surface area (Å²) in [7, 11) is 0. The number of amides is 1. The number of fused-ring (bicyclic) bond motifs is 1. The SMILES string of the molecule is O=C(CN1CCN(CC(=O)c2c[nH]c3ccccc23)CC1)NC1CC1. The normalized spacial score (nSPS) is 19.2. The van der Waals surface area contributed by atoms with Crippen molar-refractivity contribution >= 4 is 22.6 Å². The molecule has 0 spiro atoms. The second-order valence-electron chi connectivity index (χ2n) is 7.07. The summed E-state index contributed by atoms with van der Waals surface area (Å²) >= 11 is 0. The van der Waals surface area contributed by atoms with Gasteiger partial charge in [-0.1, -0.05) is 18.2 Å². The molecule has 1 aromatic carbocycles. The van der Waals surface area contributed by atoms with Gasteiger partial charge in [0.15, 0.2) is 5.78 Å². The maximum Gasteiger partial charge on any atom is 0.234 e. The lowest BCUT2D eigenvalue weighted by molar-refractivity contribution is -0.122. The zero-order valence-corrected chi connectivity index (χ0v) is 14.3. The van der Waals surface area contributed by atoms with Gasteiger partial charge in [0.05, 0.1) is 13.1 Å². The molecule has 2 aromatic rings. The third kappa shape index (κ3) is 3.91. The van der Waals surface area contributed by atoms with Crippen molar-refractivity contribution in [3.05, 3.63) is 36.0 Å². The first-order valence-electron chi connectivity index (χ1n) is 9.02. The summed E-state index contributed by atoms with van der Waals surface area (Å²) in [5.41, 5.74) is 1.76. The van der Waals surface area contributed by atoms with Crippen LogP contribution < -0.4 is 5.32 Å². The maximum absolute atomic E-state index is 12.6. The number of aromatic amines is 1. The largest absolute Gasteiger partial charge is 0.360 e. The molecule has 0 unspecified atom stereocenters. The second-order valence-corrected chi connectivity index (χ2v) is 7.07. The van der Waals surface area contributed by atoms with Gasteiger partial charge in [-0.05, 0) is 18.9 Å². The van der Waals surface area contributed by atoms with Gasteiger partial charge in [0.2, 0.25) is 5.91 Å². The zero-order chi connectivity index (χ0) is 17.2. The molecule has 132 valence electrons. The predicted molar refractivity (Wildman–Crippen MR) is 96.7 cm³/mol. The number of nitrogens with zero attached hydrogens (tertiary/aromatic N) is 2. The number of hydrogen-bond donors (Lipinski definition) is 2. The smallest absolute Gasteiger partial charge is 0.234 e. The molecule has 6 heteroatoms. The Balaban J connectivity index is 1.28. The number of carbonyl (C=O) groups excluding carboxylic acids is 2. The van der Waals surface area contributed by atoms with Gasteiger partial charge in [-0.15, -0.1) is 0 Å². The molecule has 25 heavy (non-hydrogen) atoms. The minimum atomic E-state index is 0.130. The van der Waals surface area contributed by atoms with Crippen LogP contribution in [0.5, 0.6) is 0 Å². The molecular weight excluding hydrogens is 316 g/mol. The fourth-order valence-electron chi connectivity index (χ4n) is 3.40. The Bertz CT molecular complexity index is 773. The number of rotatable bonds is 6. The highest BCUT2D eigenvalue weighted by Crippen LogP contribution is 2.19. The molecule has 1 aliphatic heterocycles. The van der Waals surface area contributed by atoms with Crippen molar-refractivity contribution in [1.82, 2.24) is 20.1 Å². The Morgan fingerprint density at radius 3 is 2.44 bits per heavy atom. The molecule has 2 heterocycles. The Hall–Kier alpha value is -2.18. The molecule has 0 bridgehead atoms. The van der Waals surface area contributed by atoms with E-state index in [0.29, 0.717) is 19.1 Å². The summed E-state index contributed by atoms with van der Waals surface area (Å²) in [4.78, 5) is 32.0. The Labute approximate surface area is 147 Å². The van der Waals surface area contributed by atoms with Crippen molar-refractivity contribution < 1.29 is 9.59 Å². The number of benzene rings is 1. The molecule has 6 nitrogen and oxygen atoms in total. The van der Waals surface area contributed by atoms with Crippen LogP contribution in [0.3, 0.4) is 0 Å². The number of H-pyrrole nitrogens is 1. The summed E-state index contributed by atoms with van der Waals surface area (Å²) in [6.07, 6.45) is 4.05. The first-order chi connectivity index (χ1) is 12.2. The van der Waals surface area contributed by atoms with Crippen LogP contribution in [-0.2, 0) is 4.79 Å². The molecule has 1 saturated heterocycles. The van der Waals surface area contributed by atoms with Crippen molar-refractivity contribution in [1.29, 1.82) is 0 Å². The van der Waals surface area contributed by atoms with Gasteiger partial charge < -0.3 is 10.3 Å². The summed E-state index contributed by atoms with van der Waals surface area (Å²) < 4.78 is 0. The molecule has 2 fully saturated rings. The van der Waals surface area contributed by atoms with Crippen LogP contribution in [0.25, 0.3) is 10.9 Å². The first kappa shape index (κ1) is 16.3. The van der Waals surface area contributed by atoms with Gasteiger partial charge in [0.25, 0.3) is 0 Å². The molecule has 0 atom stereocenters. The van der Waals surface area contributed by atoms with E-state index in [4.69, 9.17) is 0 Å². The van der Waals surface area contributed by atoms with Crippen LogP contribution >= 0.6 is 0 Å². The van der Waals surface area contributed by atoms with Crippen molar-refractivity contribution in [2.45, 2.75) is 18.9 Å². The number of carbonyl (C=O) groups is 2. The minimum absolute atomic E-state index is 0.130. The number of piperazine rings is 1. The third-order valence-corrected chi connectivity index (χ3v) is 5.03. The Morgan fingerprint density at radius 1 is 1.04 bits per heavy atom. The van der Waals surface area contributed by atoms with Gasteiger partial charge in [0.1, 0.15) is 0 Å². The lowest BCUT2D eigenvalue weighted by atomic mass is 10.1. The van der Waals surface area contributed by atoms with Crippen LogP contribution in [0.1, 0.15) is 23.2 Å². The standard InChI is InChI=1S/C19H24N4O2/c24-18(16-11-20-17-4-2-1-3-15(16)17)12-22-7-9-23(10-8-22)13-19(25)21-14-5-6-14/h1-4,11,14,20H,5-10,12-13H2,(H,21,25). The van der Waals surface area contributed by atoms with Gasteiger partial charge in [-0.25, -0.2) is 0 Å².